The molecule has 1 aromatic heterocycles. The largest absolute Gasteiger partial charge is 0.497 e. The predicted molar refractivity (Wildman–Crippen MR) is 107 cm³/mol. The highest BCUT2D eigenvalue weighted by Crippen LogP contribution is 2.27. The third kappa shape index (κ3) is 4.56. The number of aliphatic hydroxyl groups excluding tert-OH is 1. The number of aromatic nitrogens is 2. The van der Waals surface area contributed by atoms with Crippen LogP contribution in [0.2, 0.25) is 0 Å². The molecule has 1 amide bonds. The highest BCUT2D eigenvalue weighted by atomic mass is 16.7. The van der Waals surface area contributed by atoms with Crippen molar-refractivity contribution in [3.05, 3.63) is 60.3 Å². The Bertz CT molecular complexity index is 951. The molecule has 1 heterocycles. The number of ether oxygens (including phenoxy) is 2. The first kappa shape index (κ1) is 20.4. The standard InChI is InChI=1S/C21H23N3O5/c1-23(28-3)21(26)19-14-20(15-4-8-18(9-5-15)29-13-12-25)24(22-19)16-6-10-17(27-2)11-7-16/h4-11,14,25H,12-13H2,1-3H3. The van der Waals surface area contributed by atoms with Crippen molar-refractivity contribution in [3.63, 3.8) is 0 Å². The molecule has 2 aromatic carbocycles. The van der Waals surface area contributed by atoms with E-state index in [1.54, 1.807) is 30.0 Å². The molecule has 1 N–H and O–H groups in total. The summed E-state index contributed by atoms with van der Waals surface area (Å²) < 4.78 is 12.3. The van der Waals surface area contributed by atoms with Crippen LogP contribution in [0, 0.1) is 0 Å². The van der Waals surface area contributed by atoms with Gasteiger partial charge in [-0.2, -0.15) is 5.10 Å². The summed E-state index contributed by atoms with van der Waals surface area (Å²) in [6.45, 7) is 0.176. The number of methoxy groups -OCH3 is 1. The number of nitrogens with zero attached hydrogens (tertiary/aromatic N) is 3. The molecule has 0 radical (unpaired) electrons. The van der Waals surface area contributed by atoms with Crippen LogP contribution < -0.4 is 9.47 Å². The zero-order valence-corrected chi connectivity index (χ0v) is 16.5. The quantitative estimate of drug-likeness (QED) is 0.588. The third-order valence-corrected chi connectivity index (χ3v) is 4.32. The third-order valence-electron chi connectivity index (χ3n) is 4.32. The highest BCUT2D eigenvalue weighted by molar-refractivity contribution is 5.92. The Hall–Kier alpha value is -3.36. The number of rotatable bonds is 8. The summed E-state index contributed by atoms with van der Waals surface area (Å²) >= 11 is 0. The lowest BCUT2D eigenvalue weighted by atomic mass is 10.1. The van der Waals surface area contributed by atoms with Gasteiger partial charge >= 0.3 is 0 Å². The van der Waals surface area contributed by atoms with Crippen molar-refractivity contribution in [2.24, 2.45) is 0 Å². The maximum atomic E-state index is 12.5. The van der Waals surface area contributed by atoms with Gasteiger partial charge in [0.25, 0.3) is 5.91 Å². The molecular formula is C21H23N3O5. The van der Waals surface area contributed by atoms with Crippen LogP contribution in [0.25, 0.3) is 16.9 Å². The van der Waals surface area contributed by atoms with Crippen LogP contribution in [0.15, 0.2) is 54.6 Å². The summed E-state index contributed by atoms with van der Waals surface area (Å²) in [5, 5.41) is 14.5. The molecule has 8 heteroatoms. The molecule has 0 aliphatic heterocycles. The van der Waals surface area contributed by atoms with Gasteiger partial charge in [0, 0.05) is 12.6 Å². The molecule has 0 aliphatic carbocycles. The molecule has 0 unspecified atom stereocenters. The summed E-state index contributed by atoms with van der Waals surface area (Å²) in [7, 11) is 4.55. The number of hydrogen-bond donors (Lipinski definition) is 1. The minimum absolute atomic E-state index is 0.0511. The van der Waals surface area contributed by atoms with Gasteiger partial charge in [-0.15, -0.1) is 0 Å². The number of benzene rings is 2. The van der Waals surface area contributed by atoms with E-state index in [-0.39, 0.29) is 24.8 Å². The van der Waals surface area contributed by atoms with E-state index in [0.717, 1.165) is 27.8 Å². The molecule has 0 bridgehead atoms. The van der Waals surface area contributed by atoms with Crippen LogP contribution in [0.5, 0.6) is 11.5 Å². The van der Waals surface area contributed by atoms with Crippen molar-refractivity contribution >= 4 is 5.91 Å². The normalized spacial score (nSPS) is 10.6. The Kier molecular flexibility index (Phi) is 6.48. The Labute approximate surface area is 168 Å². The first-order valence-corrected chi connectivity index (χ1v) is 8.98. The first-order valence-electron chi connectivity index (χ1n) is 8.98. The van der Waals surface area contributed by atoms with Gasteiger partial charge in [-0.3, -0.25) is 9.63 Å². The van der Waals surface area contributed by atoms with Gasteiger partial charge in [-0.1, -0.05) is 0 Å². The predicted octanol–water partition coefficient (Wildman–Crippen LogP) is 2.55. The van der Waals surface area contributed by atoms with Crippen molar-refractivity contribution < 1.29 is 24.2 Å². The van der Waals surface area contributed by atoms with Crippen LogP contribution in [0.3, 0.4) is 0 Å². The number of carbonyl (C=O) groups is 1. The van der Waals surface area contributed by atoms with Crippen molar-refractivity contribution in [3.8, 4) is 28.4 Å². The summed E-state index contributed by atoms with van der Waals surface area (Å²) in [6, 6.07) is 16.5. The Morgan fingerprint density at radius 3 is 2.31 bits per heavy atom. The lowest BCUT2D eigenvalue weighted by Crippen LogP contribution is -2.25. The number of amides is 1. The summed E-state index contributed by atoms with van der Waals surface area (Å²) in [5.41, 5.74) is 2.61. The topological polar surface area (TPSA) is 86.1 Å². The van der Waals surface area contributed by atoms with Crippen LogP contribution >= 0.6 is 0 Å². The van der Waals surface area contributed by atoms with Gasteiger partial charge in [-0.25, -0.2) is 9.75 Å². The molecule has 0 aliphatic rings. The molecule has 3 aromatic rings. The minimum atomic E-state index is -0.357. The average Bonchev–Trinajstić information content (AvgIpc) is 3.22. The second-order valence-corrected chi connectivity index (χ2v) is 6.11. The number of carbonyl (C=O) groups excluding carboxylic acids is 1. The van der Waals surface area contributed by atoms with Gasteiger partial charge in [0.2, 0.25) is 0 Å². The molecule has 3 rings (SSSR count). The average molecular weight is 397 g/mol. The summed E-state index contributed by atoms with van der Waals surface area (Å²) in [6.07, 6.45) is 0. The van der Waals surface area contributed by atoms with Gasteiger partial charge in [0.15, 0.2) is 5.69 Å². The van der Waals surface area contributed by atoms with E-state index in [1.165, 1.54) is 14.2 Å². The van der Waals surface area contributed by atoms with Crippen molar-refractivity contribution in [1.29, 1.82) is 0 Å². The van der Waals surface area contributed by atoms with Gasteiger partial charge in [0.1, 0.15) is 18.1 Å². The van der Waals surface area contributed by atoms with E-state index >= 15 is 0 Å². The molecule has 8 nitrogen and oxygen atoms in total. The van der Waals surface area contributed by atoms with Gasteiger partial charge < -0.3 is 14.6 Å². The Morgan fingerprint density at radius 2 is 1.72 bits per heavy atom. The Balaban J connectivity index is 2.03. The van der Waals surface area contributed by atoms with E-state index in [9.17, 15) is 4.79 Å². The van der Waals surface area contributed by atoms with Crippen LogP contribution in [-0.2, 0) is 4.84 Å². The SMILES string of the molecule is COc1ccc(-n2nc(C(=O)N(C)OC)cc2-c2ccc(OCCO)cc2)cc1. The van der Waals surface area contributed by atoms with Gasteiger partial charge in [0.05, 0.1) is 32.2 Å². The zero-order valence-electron chi connectivity index (χ0n) is 16.5. The second-order valence-electron chi connectivity index (χ2n) is 6.11. The molecule has 0 fully saturated rings. The van der Waals surface area contributed by atoms with Crippen LogP contribution in [0.4, 0.5) is 0 Å². The Morgan fingerprint density at radius 1 is 1.07 bits per heavy atom. The van der Waals surface area contributed by atoms with Crippen molar-refractivity contribution in [1.82, 2.24) is 14.8 Å². The molecule has 29 heavy (non-hydrogen) atoms. The number of aliphatic hydroxyl groups is 1. The fourth-order valence-electron chi connectivity index (χ4n) is 2.74. The van der Waals surface area contributed by atoms with E-state index in [1.807, 2.05) is 36.4 Å². The lowest BCUT2D eigenvalue weighted by Gasteiger charge is -2.11. The minimum Gasteiger partial charge on any atom is -0.497 e. The number of hydroxylamine groups is 2. The van der Waals surface area contributed by atoms with Crippen LogP contribution in [-0.4, -0.2) is 60.3 Å². The van der Waals surface area contributed by atoms with E-state index in [0.29, 0.717) is 5.75 Å². The van der Waals surface area contributed by atoms with Crippen LogP contribution in [0.1, 0.15) is 10.5 Å². The van der Waals surface area contributed by atoms with Gasteiger partial charge in [-0.05, 0) is 54.6 Å². The van der Waals surface area contributed by atoms with E-state index < -0.39 is 0 Å². The molecule has 152 valence electrons. The van der Waals surface area contributed by atoms with E-state index in [2.05, 4.69) is 5.10 Å². The monoisotopic (exact) mass is 397 g/mol. The van der Waals surface area contributed by atoms with Crippen molar-refractivity contribution in [2.75, 3.05) is 34.5 Å². The maximum absolute atomic E-state index is 12.5. The fraction of sp³-hybridized carbons (Fsp3) is 0.238. The second kappa shape index (κ2) is 9.22. The first-order chi connectivity index (χ1) is 14.1. The van der Waals surface area contributed by atoms with Crippen molar-refractivity contribution in [2.45, 2.75) is 0 Å². The molecular weight excluding hydrogens is 374 g/mol. The molecule has 0 saturated carbocycles. The smallest absolute Gasteiger partial charge is 0.297 e. The number of hydrogen-bond acceptors (Lipinski definition) is 6. The lowest BCUT2D eigenvalue weighted by molar-refractivity contribution is -0.0760. The molecule has 0 saturated heterocycles. The maximum Gasteiger partial charge on any atom is 0.297 e. The van der Waals surface area contributed by atoms with E-state index in [4.69, 9.17) is 19.4 Å². The summed E-state index contributed by atoms with van der Waals surface area (Å²) in [4.78, 5) is 17.5. The molecule has 0 atom stereocenters. The molecule has 0 spiro atoms. The summed E-state index contributed by atoms with van der Waals surface area (Å²) in [5.74, 6) is 1.01. The highest BCUT2D eigenvalue weighted by Gasteiger charge is 2.20. The fourth-order valence-corrected chi connectivity index (χ4v) is 2.74. The zero-order chi connectivity index (χ0) is 20.8.